The number of nitro groups is 1. The zero-order valence-electron chi connectivity index (χ0n) is 48.2. The number of carbonyl (C=O) groups excluding carboxylic acids is 7. The molecule has 2 aliphatic rings. The van der Waals surface area contributed by atoms with E-state index in [1.807, 2.05) is 77.3 Å². The average Bonchev–Trinajstić information content (AvgIpc) is 3.87. The van der Waals surface area contributed by atoms with Gasteiger partial charge in [0.1, 0.15) is 36.4 Å². The van der Waals surface area contributed by atoms with Crippen molar-refractivity contribution in [3.63, 3.8) is 0 Å². The van der Waals surface area contributed by atoms with E-state index in [1.165, 1.54) is 68.1 Å². The molecule has 21 nitrogen and oxygen atoms in total. The minimum absolute atomic E-state index is 0.0313. The molecule has 79 heavy (non-hydrogen) atoms. The van der Waals surface area contributed by atoms with Crippen LogP contribution in [0.15, 0.2) is 60.8 Å². The number of methoxy groups -OCH3 is 2. The van der Waals surface area contributed by atoms with E-state index in [2.05, 4.69) is 16.0 Å². The normalized spacial score (nSPS) is 25.2. The number of ether oxygens (including phenoxy) is 2. The van der Waals surface area contributed by atoms with Crippen LogP contribution in [0.25, 0.3) is 10.9 Å². The molecule has 3 heterocycles. The van der Waals surface area contributed by atoms with E-state index in [9.17, 15) is 29.9 Å². The molecular formula is C58H84N8O13. The summed E-state index contributed by atoms with van der Waals surface area (Å²) in [6.45, 7) is 16.0. The van der Waals surface area contributed by atoms with Crippen molar-refractivity contribution in [3.8, 4) is 5.75 Å². The first kappa shape index (κ1) is 63.1. The maximum atomic E-state index is 15.5. The number of nitro benzene ring substituents is 1. The topological polar surface area (TPSA) is 272 Å². The molecule has 2 fully saturated rings. The van der Waals surface area contributed by atoms with Crippen LogP contribution in [0, 0.1) is 33.8 Å². The molecule has 0 aliphatic carbocycles. The van der Waals surface area contributed by atoms with Crippen LogP contribution in [-0.2, 0) is 56.7 Å². The summed E-state index contributed by atoms with van der Waals surface area (Å²) in [4.78, 5) is 120. The van der Waals surface area contributed by atoms with E-state index in [0.717, 1.165) is 0 Å². The summed E-state index contributed by atoms with van der Waals surface area (Å²) in [6.07, 6.45) is 2.82. The van der Waals surface area contributed by atoms with Gasteiger partial charge in [0.25, 0.3) is 0 Å². The minimum Gasteiger partial charge on any atom is -0.490 e. The molecule has 6 amide bonds. The van der Waals surface area contributed by atoms with Gasteiger partial charge in [0, 0.05) is 75.7 Å². The quantitative estimate of drug-likeness (QED) is 0.0691. The Hall–Kier alpha value is -6.71. The number of nitrogens with zero attached hydrogens (tertiary/aromatic N) is 5. The summed E-state index contributed by atoms with van der Waals surface area (Å²) in [7, 11) is 5.60. The van der Waals surface area contributed by atoms with Gasteiger partial charge >= 0.3 is 5.69 Å². The second kappa shape index (κ2) is 27.4. The van der Waals surface area contributed by atoms with Crippen molar-refractivity contribution in [1.82, 2.24) is 35.2 Å². The van der Waals surface area contributed by atoms with E-state index < -0.39 is 119 Å². The zero-order valence-corrected chi connectivity index (χ0v) is 48.2. The molecule has 2 bridgehead atoms. The number of likely N-dealkylation sites (N-methyl/N-ethyl adjacent to an activating group) is 2. The van der Waals surface area contributed by atoms with E-state index in [0.29, 0.717) is 16.5 Å². The van der Waals surface area contributed by atoms with Crippen molar-refractivity contribution in [1.29, 1.82) is 0 Å². The number of aromatic nitrogens is 1. The fraction of sp³-hybridized carbons (Fsp3) is 0.603. The van der Waals surface area contributed by atoms with Crippen LogP contribution in [-0.4, -0.2) is 159 Å². The second-order valence-corrected chi connectivity index (χ2v) is 22.7. The Morgan fingerprint density at radius 2 is 1.44 bits per heavy atom. The summed E-state index contributed by atoms with van der Waals surface area (Å²) < 4.78 is 13.0. The SMILES string of the molecule is C/C=C/C[C@@H]1NC(=O)[C@H](CC(C)C)N2C(=O)[C@H](CC(C)[C@H]2OC)N(C)C(=O)[C@H](C)CC(=O)[C@H](Cc2ccc(OC)c([N+](=O)[O-])c2)NC(=O)[C@H](CC(C)C)N(C)C(=O)[C@H](Cc2cn(C(C)(C)[C@H](O)CCO)c3ccccc23)NC1=O. The van der Waals surface area contributed by atoms with Gasteiger partial charge in [0.2, 0.25) is 35.4 Å². The van der Waals surface area contributed by atoms with Gasteiger partial charge < -0.3 is 54.9 Å². The number of ketones is 1. The fourth-order valence-electron chi connectivity index (χ4n) is 11.0. The summed E-state index contributed by atoms with van der Waals surface area (Å²) in [5.41, 5.74) is 0.202. The van der Waals surface area contributed by atoms with Gasteiger partial charge in [-0.2, -0.15) is 0 Å². The number of amides is 6. The highest BCUT2D eigenvalue weighted by Gasteiger charge is 2.49. The maximum Gasteiger partial charge on any atom is 0.311 e. The largest absolute Gasteiger partial charge is 0.490 e. The molecule has 1 unspecified atom stereocenters. The Morgan fingerprint density at radius 1 is 0.823 bits per heavy atom. The molecule has 2 aliphatic heterocycles. The fourth-order valence-corrected chi connectivity index (χ4v) is 11.0. The van der Waals surface area contributed by atoms with Crippen molar-refractivity contribution in [3.05, 3.63) is 82.1 Å². The number of hydrogen-bond acceptors (Lipinski definition) is 13. The number of aliphatic hydroxyl groups excluding tert-OH is 2. The van der Waals surface area contributed by atoms with Crippen LogP contribution >= 0.6 is 0 Å². The Kier molecular flexibility index (Phi) is 21.9. The molecule has 5 N–H and O–H groups in total. The lowest BCUT2D eigenvalue weighted by Gasteiger charge is -2.48. The first-order valence-corrected chi connectivity index (χ1v) is 27.3. The van der Waals surface area contributed by atoms with E-state index in [4.69, 9.17) is 9.47 Å². The summed E-state index contributed by atoms with van der Waals surface area (Å²) >= 11 is 0. The average molecular weight is 1100 g/mol. The lowest BCUT2D eigenvalue weighted by atomic mass is 9.88. The highest BCUT2D eigenvalue weighted by Crippen LogP contribution is 2.35. The Labute approximate surface area is 463 Å². The van der Waals surface area contributed by atoms with Gasteiger partial charge in [-0.3, -0.25) is 43.7 Å². The Balaban J connectivity index is 1.74. The molecule has 5 rings (SSSR count). The van der Waals surface area contributed by atoms with Crippen molar-refractivity contribution in [2.45, 2.75) is 168 Å². The summed E-state index contributed by atoms with van der Waals surface area (Å²) in [6, 6.07) is 3.79. The number of piperidine rings is 1. The second-order valence-electron chi connectivity index (χ2n) is 22.7. The van der Waals surface area contributed by atoms with Crippen molar-refractivity contribution in [2.24, 2.45) is 23.7 Å². The van der Waals surface area contributed by atoms with Crippen LogP contribution in [0.1, 0.15) is 112 Å². The Morgan fingerprint density at radius 3 is 2.05 bits per heavy atom. The lowest BCUT2D eigenvalue weighted by molar-refractivity contribution is -0.385. The molecule has 3 aromatic rings. The third kappa shape index (κ3) is 14.8. The van der Waals surface area contributed by atoms with Gasteiger partial charge in [-0.1, -0.05) is 78.0 Å². The van der Waals surface area contributed by atoms with Crippen molar-refractivity contribution in [2.75, 3.05) is 34.9 Å². The number of rotatable bonds is 17. The van der Waals surface area contributed by atoms with Crippen LogP contribution in [0.5, 0.6) is 5.75 Å². The highest BCUT2D eigenvalue weighted by molar-refractivity contribution is 5.99. The van der Waals surface area contributed by atoms with Gasteiger partial charge in [0.15, 0.2) is 11.5 Å². The number of para-hydroxylation sites is 1. The Bertz CT molecular complexity index is 2720. The molecule has 434 valence electrons. The molecule has 21 heteroatoms. The molecule has 1 aromatic heterocycles. The molecule has 10 atom stereocenters. The summed E-state index contributed by atoms with van der Waals surface area (Å²) in [5.74, 6) is -6.53. The first-order valence-electron chi connectivity index (χ1n) is 27.3. The molecule has 2 aromatic carbocycles. The zero-order chi connectivity index (χ0) is 58.8. The molecule has 0 spiro atoms. The van der Waals surface area contributed by atoms with Crippen LogP contribution < -0.4 is 20.7 Å². The third-order valence-corrected chi connectivity index (χ3v) is 15.5. The van der Waals surface area contributed by atoms with E-state index in [-0.39, 0.29) is 80.4 Å². The predicted molar refractivity (Wildman–Crippen MR) is 297 cm³/mol. The lowest BCUT2D eigenvalue weighted by Crippen LogP contribution is -2.66. The monoisotopic (exact) mass is 1100 g/mol. The molecular weight excluding hydrogens is 1020 g/mol. The van der Waals surface area contributed by atoms with E-state index in [1.54, 1.807) is 25.3 Å². The van der Waals surface area contributed by atoms with Crippen molar-refractivity contribution < 1.29 is 58.2 Å². The standard InChI is InChI=1S/C58H84N8O13/c1-14-15-19-40-51(70)61-42(31-38-32-64(43-20-17-16-18-39(38)43)58(8,9)50(69)23-24-67)55(74)62(10)45(25-33(2)3)52(71)60-41(29-37-21-22-49(78-12)44(30-37)66(76)77)48(68)28-35(6)54(73)63(11)47-27-36(7)57(79-13)65(56(47)75)46(26-34(4)5)53(72)59-40/h14-18,20-22,30,32-36,40-42,45-47,50,57,67,69H,19,23-29,31H2,1-13H3,(H,59,72)(H,60,71)(H,61,70)/b15-14+/t35-,36?,40+,41+,42+,45+,46+,47+,50-,57-/m1/s1. The number of aliphatic hydroxyl groups is 2. The number of fused-ring (bicyclic) bond motifs is 3. The summed E-state index contributed by atoms with van der Waals surface area (Å²) in [5, 5.41) is 42.7. The number of Topliss-reactive ketones (excluding diaryl/α,β-unsaturated/α-hetero) is 1. The molecule has 0 radical (unpaired) electrons. The number of nitrogens with one attached hydrogen (secondary N) is 3. The minimum atomic E-state index is -1.42. The maximum absolute atomic E-state index is 15.5. The number of benzene rings is 2. The first-order chi connectivity index (χ1) is 37.2. The van der Waals surface area contributed by atoms with Gasteiger partial charge in [-0.15, -0.1) is 0 Å². The molecule has 0 saturated carbocycles. The number of carbonyl (C=O) groups is 7. The number of hydrogen-bond donors (Lipinski definition) is 5. The van der Waals surface area contributed by atoms with Crippen LogP contribution in [0.2, 0.25) is 0 Å². The smallest absolute Gasteiger partial charge is 0.311 e. The van der Waals surface area contributed by atoms with Crippen LogP contribution in [0.4, 0.5) is 5.69 Å². The third-order valence-electron chi connectivity index (χ3n) is 15.5. The predicted octanol–water partition coefficient (Wildman–Crippen LogP) is 4.81. The van der Waals surface area contributed by atoms with Crippen molar-refractivity contribution >= 4 is 57.8 Å². The van der Waals surface area contributed by atoms with Gasteiger partial charge in [0.05, 0.1) is 29.7 Å². The van der Waals surface area contributed by atoms with E-state index >= 15 is 24.0 Å². The van der Waals surface area contributed by atoms with Gasteiger partial charge in [-0.25, -0.2) is 0 Å². The molecule has 2 saturated heterocycles. The van der Waals surface area contributed by atoms with Gasteiger partial charge in [-0.05, 0) is 94.4 Å². The number of allylic oxidation sites excluding steroid dienone is 1. The van der Waals surface area contributed by atoms with Crippen LogP contribution in [0.3, 0.4) is 0 Å². The highest BCUT2D eigenvalue weighted by atomic mass is 16.6.